The third kappa shape index (κ3) is 59.4. The summed E-state index contributed by atoms with van der Waals surface area (Å²) in [7, 11) is 1.58. The lowest BCUT2D eigenvalue weighted by Gasteiger charge is -2.26. The Kier molecular flexibility index (Phi) is 67.5. The highest BCUT2D eigenvalue weighted by Crippen LogP contribution is 2.24. The normalized spacial score (nSPS) is 14.2. The lowest BCUT2D eigenvalue weighted by atomic mass is 9.84. The number of ketones is 5. The Morgan fingerprint density at radius 3 is 1.25 bits per heavy atom. The van der Waals surface area contributed by atoms with Gasteiger partial charge in [-0.05, 0) is 50.4 Å². The molecule has 0 aromatic rings. The number of amides is 5. The fourth-order valence-corrected chi connectivity index (χ4v) is 10.2. The van der Waals surface area contributed by atoms with Gasteiger partial charge in [-0.3, -0.25) is 57.5 Å². The largest absolute Gasteiger partial charge is 0.481 e. The second-order valence-electron chi connectivity index (χ2n) is 26.7. The Bertz CT molecular complexity index is 2660. The number of methoxy groups -OCH3 is 1. The van der Waals surface area contributed by atoms with Crippen LogP contribution in [-0.4, -0.2) is 306 Å². The maximum atomic E-state index is 13.8. The minimum Gasteiger partial charge on any atom is -0.481 e. The smallest absolute Gasteiger partial charge is 0.318 e. The molecule has 1 rings (SSSR count). The number of nitrogens with one attached hydrogen (secondary N) is 4. The predicted molar refractivity (Wildman–Crippen MR) is 394 cm³/mol. The number of rotatable bonds is 84. The first kappa shape index (κ1) is 108. The summed E-state index contributed by atoms with van der Waals surface area (Å²) in [6, 6.07) is -2.79. The van der Waals surface area contributed by atoms with E-state index in [0.717, 1.165) is 0 Å². The van der Waals surface area contributed by atoms with Gasteiger partial charge in [-0.15, -0.1) is 0 Å². The van der Waals surface area contributed by atoms with Crippen molar-refractivity contribution >= 4 is 70.4 Å². The highest BCUT2D eigenvalue weighted by atomic mass is 16.9. The molecular weight excluding hydrogens is 1550 g/mol. The Hall–Kier alpha value is -6.32. The molecule has 0 saturated carbocycles. The van der Waals surface area contributed by atoms with Crippen LogP contribution in [0.2, 0.25) is 0 Å². The van der Waals surface area contributed by atoms with Crippen LogP contribution < -0.4 is 21.3 Å². The molecule has 6 N–H and O–H groups in total. The number of hydrogen-bond acceptors (Lipinski definition) is 36. The minimum atomic E-state index is -1.99. The van der Waals surface area contributed by atoms with E-state index in [2.05, 4.69) is 21.3 Å². The molecule has 116 heavy (non-hydrogen) atoms. The third-order valence-corrected chi connectivity index (χ3v) is 16.5. The highest BCUT2D eigenvalue weighted by Gasteiger charge is 2.36. The van der Waals surface area contributed by atoms with E-state index in [-0.39, 0.29) is 256 Å². The summed E-state index contributed by atoms with van der Waals surface area (Å²) in [4.78, 5) is 155. The average Bonchev–Trinajstić information content (AvgIpc) is 1.66. The van der Waals surface area contributed by atoms with E-state index in [9.17, 15) is 57.5 Å². The van der Waals surface area contributed by atoms with Gasteiger partial charge in [0.15, 0.2) is 158 Å². The van der Waals surface area contributed by atoms with Crippen molar-refractivity contribution < 1.29 is 181 Å². The van der Waals surface area contributed by atoms with Gasteiger partial charge < -0.3 is 150 Å². The van der Waals surface area contributed by atoms with Crippen LogP contribution in [0.1, 0.15) is 145 Å². The van der Waals surface area contributed by atoms with E-state index in [0.29, 0.717) is 58.2 Å². The molecule has 0 bridgehead atoms. The number of likely N-dealkylation sites (tertiary alicyclic amines) is 1. The number of carboxylic acids is 2. The molecule has 5 amide bonds. The summed E-state index contributed by atoms with van der Waals surface area (Å²) in [6.07, 6.45) is 1.47. The summed E-state index contributed by atoms with van der Waals surface area (Å²) in [5.41, 5.74) is 0. The van der Waals surface area contributed by atoms with Crippen molar-refractivity contribution in [3.63, 3.8) is 0 Å². The fraction of sp³-hybridized carbons (Fsp3) is 0.836. The number of ether oxygens (including phenoxy) is 24. The monoisotopic (exact) mass is 1680 g/mol. The molecule has 0 aliphatic carbocycles. The van der Waals surface area contributed by atoms with Crippen LogP contribution in [0.25, 0.3) is 0 Å². The summed E-state index contributed by atoms with van der Waals surface area (Å²) < 4.78 is 123. The van der Waals surface area contributed by atoms with Gasteiger partial charge in [-0.25, -0.2) is 0 Å². The Labute approximate surface area is 676 Å². The van der Waals surface area contributed by atoms with Crippen LogP contribution in [0, 0.1) is 35.5 Å². The topological polar surface area (TPSA) is 518 Å². The van der Waals surface area contributed by atoms with E-state index in [1.54, 1.807) is 34.8 Å². The number of unbranched alkanes of at least 4 members (excludes halogenated alkanes) is 2. The van der Waals surface area contributed by atoms with Gasteiger partial charge in [0, 0.05) is 77.5 Å². The van der Waals surface area contributed by atoms with E-state index in [4.69, 9.17) is 124 Å². The van der Waals surface area contributed by atoms with Crippen LogP contribution in [-0.2, 0) is 171 Å². The highest BCUT2D eigenvalue weighted by molar-refractivity contribution is 5.99. The average molecular weight is 1680 g/mol. The number of nitrogens with zero attached hydrogens (tertiary/aromatic N) is 1. The quantitative estimate of drug-likeness (QED) is 0.0289. The maximum Gasteiger partial charge on any atom is 0.318 e. The van der Waals surface area contributed by atoms with Crippen molar-refractivity contribution in [3.8, 4) is 0 Å². The van der Waals surface area contributed by atoms with Crippen LogP contribution >= 0.6 is 0 Å². The van der Waals surface area contributed by atoms with E-state index in [1.807, 2.05) is 13.8 Å². The standard InChI is InChI=1S/C73H127N5O38/c1-9-55(6)60(71(88)74-30-59(81)28-61(72(89)90)73(91)92)29-65(83)63(27-53(2)3)76-66(84)16-15-64(82)69(54(4)5)77-70(87)57-19-21-78(31-57)68(86)18-17-67(85)75-62(56(7)79)14-12-10-11-13-58(80)20-22-94-25-26-96-33-98-35-100-37-102-39-104-41-106-43-108-45-110-47-112-49-114-51-116-52-115-50-113-48-111-46-109-44-107-42-105-40-103-38-101-36-99-34-97-32-95-24-23-93-8/h53-55,57,60-63,69H,9-52H2,1-8H3,(H,74,88)(H,75,85)(H,76,84)(H,77,87)(H,89,90)(H,91,92). The summed E-state index contributed by atoms with van der Waals surface area (Å²) >= 11 is 0. The van der Waals surface area contributed by atoms with Gasteiger partial charge in [0.25, 0.3) is 0 Å². The Morgan fingerprint density at radius 2 is 0.845 bits per heavy atom. The van der Waals surface area contributed by atoms with E-state index in [1.165, 1.54) is 11.8 Å². The molecule has 6 unspecified atom stereocenters. The van der Waals surface area contributed by atoms with Gasteiger partial charge in [0.2, 0.25) is 29.5 Å². The number of aliphatic carboxylic acids is 2. The zero-order chi connectivity index (χ0) is 85.6. The molecule has 0 aromatic carbocycles. The fourth-order valence-electron chi connectivity index (χ4n) is 10.2. The molecule has 0 radical (unpaired) electrons. The van der Waals surface area contributed by atoms with Crippen LogP contribution in [0.15, 0.2) is 0 Å². The predicted octanol–water partition coefficient (Wildman–Crippen LogP) is 2.24. The van der Waals surface area contributed by atoms with Crippen molar-refractivity contribution in [1.82, 2.24) is 26.2 Å². The minimum absolute atomic E-state index is 0.00720. The number of Topliss-reactive ketones (excluding diaryl/α,β-unsaturated/α-hetero) is 5. The first-order valence-electron chi connectivity index (χ1n) is 38.2. The Morgan fingerprint density at radius 1 is 0.431 bits per heavy atom. The molecule has 1 aliphatic heterocycles. The van der Waals surface area contributed by atoms with Gasteiger partial charge in [0.1, 0.15) is 19.4 Å². The lowest BCUT2D eigenvalue weighted by molar-refractivity contribution is -0.242. The van der Waals surface area contributed by atoms with Crippen molar-refractivity contribution in [2.24, 2.45) is 35.5 Å². The number of carboxylic acid groups (broad SMARTS) is 2. The molecule has 1 saturated heterocycles. The molecule has 0 spiro atoms. The van der Waals surface area contributed by atoms with Crippen LogP contribution in [0.4, 0.5) is 0 Å². The molecule has 43 nitrogen and oxygen atoms in total. The molecule has 1 fully saturated rings. The first-order valence-corrected chi connectivity index (χ1v) is 38.2. The second-order valence-corrected chi connectivity index (χ2v) is 26.7. The van der Waals surface area contributed by atoms with E-state index >= 15 is 0 Å². The summed E-state index contributed by atoms with van der Waals surface area (Å²) in [6.45, 7) is 11.5. The second kappa shape index (κ2) is 72.7. The van der Waals surface area contributed by atoms with Gasteiger partial charge in [0.05, 0.1) is 63.6 Å². The first-order chi connectivity index (χ1) is 55.9. The number of carbonyl (C=O) groups is 12. The van der Waals surface area contributed by atoms with Gasteiger partial charge in [-0.1, -0.05) is 60.8 Å². The van der Waals surface area contributed by atoms with Crippen molar-refractivity contribution in [2.45, 2.75) is 163 Å². The van der Waals surface area contributed by atoms with Gasteiger partial charge >= 0.3 is 11.9 Å². The SMILES string of the molecule is CCC(C)C(CC(=O)C(CC(C)C)NC(=O)CCC(=O)C(NC(=O)C1CCN(C(=O)CCC(=O)NC(CCCCCC(=O)CCOCCOCOCOCOCOCOCOCOCOCOCOCOCOCOCOCOCOCOCOCOCOCOCCOC)C(C)=O)C1)C(C)C)C(=O)NCC(=O)CC(C(=O)O)C(=O)O. The lowest BCUT2D eigenvalue weighted by Crippen LogP contribution is -2.48. The zero-order valence-electron chi connectivity index (χ0n) is 68.3. The molecule has 43 heteroatoms. The molecule has 1 heterocycles. The third-order valence-electron chi connectivity index (χ3n) is 16.5. The summed E-state index contributed by atoms with van der Waals surface area (Å²) in [5, 5.41) is 28.8. The van der Waals surface area contributed by atoms with Crippen molar-refractivity contribution in [2.75, 3.05) is 202 Å². The molecular formula is C73H127N5O38. The van der Waals surface area contributed by atoms with Crippen LogP contribution in [0.5, 0.6) is 0 Å². The Balaban J connectivity index is 2.07. The molecule has 0 aromatic heterocycles. The molecule has 6 atom stereocenters. The van der Waals surface area contributed by atoms with E-state index < -0.39 is 102 Å². The molecule has 672 valence electrons. The molecule has 1 aliphatic rings. The maximum absolute atomic E-state index is 13.8. The number of hydrogen-bond donors (Lipinski definition) is 6. The zero-order valence-corrected chi connectivity index (χ0v) is 68.3. The summed E-state index contributed by atoms with van der Waals surface area (Å²) in [5.74, 6) is -12.4. The van der Waals surface area contributed by atoms with Crippen molar-refractivity contribution in [3.05, 3.63) is 0 Å². The van der Waals surface area contributed by atoms with Crippen molar-refractivity contribution in [1.29, 1.82) is 0 Å². The van der Waals surface area contributed by atoms with Crippen LogP contribution in [0.3, 0.4) is 0 Å². The number of carbonyl (C=O) groups excluding carboxylic acids is 10. The van der Waals surface area contributed by atoms with Gasteiger partial charge in [-0.2, -0.15) is 0 Å².